The number of hydrogen-bond acceptors (Lipinski definition) is 2. The van der Waals surface area contributed by atoms with Gasteiger partial charge < -0.3 is 9.84 Å². The number of epoxide rings is 1. The average Bonchev–Trinajstić information content (AvgIpc) is 3.13. The van der Waals surface area contributed by atoms with Crippen molar-refractivity contribution in [3.8, 4) is 11.1 Å². The largest absolute Gasteiger partial charge is 0.388 e. The third-order valence-electron chi connectivity index (χ3n) is 4.63. The van der Waals surface area contributed by atoms with Crippen LogP contribution in [0.4, 0.5) is 0 Å². The van der Waals surface area contributed by atoms with E-state index < -0.39 is 0 Å². The molecule has 0 amide bonds. The number of aliphatic hydroxyl groups is 1. The average molecular weight is 301 g/mol. The molecule has 2 aromatic rings. The van der Waals surface area contributed by atoms with E-state index in [1.165, 1.54) is 0 Å². The van der Waals surface area contributed by atoms with Crippen LogP contribution in [0.3, 0.4) is 0 Å². The lowest BCUT2D eigenvalue weighted by atomic mass is 9.92. The van der Waals surface area contributed by atoms with Crippen molar-refractivity contribution < 1.29 is 9.84 Å². The SMILES string of the molecule is O[C@H](c1ccc(-c2ccc(Cl)cc2)cc1)C1C[C@@H]2O[C@@H]2C1. The number of hydrogen-bond donors (Lipinski definition) is 1. The van der Waals surface area contributed by atoms with Crippen LogP contribution in [0.15, 0.2) is 48.5 Å². The van der Waals surface area contributed by atoms with Crippen molar-refractivity contribution in [2.24, 2.45) is 5.92 Å². The number of rotatable bonds is 3. The molecule has 1 unspecified atom stereocenters. The molecule has 1 aliphatic carbocycles. The molecule has 1 saturated heterocycles. The van der Waals surface area contributed by atoms with E-state index in [1.54, 1.807) is 0 Å². The Morgan fingerprint density at radius 2 is 1.43 bits per heavy atom. The van der Waals surface area contributed by atoms with Crippen molar-refractivity contribution in [2.75, 3.05) is 0 Å². The molecule has 4 atom stereocenters. The maximum absolute atomic E-state index is 10.5. The van der Waals surface area contributed by atoms with Gasteiger partial charge in [-0.1, -0.05) is 48.0 Å². The number of ether oxygens (including phenoxy) is 1. The zero-order valence-electron chi connectivity index (χ0n) is 11.6. The minimum absolute atomic E-state index is 0.343. The van der Waals surface area contributed by atoms with Crippen molar-refractivity contribution in [2.45, 2.75) is 31.2 Å². The molecule has 2 aliphatic rings. The summed E-state index contributed by atoms with van der Waals surface area (Å²) >= 11 is 5.91. The first kappa shape index (κ1) is 13.3. The fourth-order valence-corrected chi connectivity index (χ4v) is 3.46. The zero-order chi connectivity index (χ0) is 14.4. The van der Waals surface area contributed by atoms with Crippen molar-refractivity contribution >= 4 is 11.6 Å². The quantitative estimate of drug-likeness (QED) is 0.861. The molecule has 1 aliphatic heterocycles. The summed E-state index contributed by atoms with van der Waals surface area (Å²) in [6.07, 6.45) is 2.44. The molecule has 108 valence electrons. The van der Waals surface area contributed by atoms with Crippen LogP contribution in [0.5, 0.6) is 0 Å². The van der Waals surface area contributed by atoms with Gasteiger partial charge in [-0.05, 0) is 47.6 Å². The van der Waals surface area contributed by atoms with Crippen LogP contribution < -0.4 is 0 Å². The van der Waals surface area contributed by atoms with Crippen molar-refractivity contribution in [1.82, 2.24) is 0 Å². The standard InChI is InChI=1S/C18H17ClO2/c19-15-7-5-12(6-8-15)11-1-3-13(4-2-11)18(20)14-9-16-17(10-14)21-16/h1-8,14,16-18,20H,9-10H2/t14?,16-,17+,18-/m1/s1. The zero-order valence-corrected chi connectivity index (χ0v) is 12.3. The third kappa shape index (κ3) is 2.59. The molecular formula is C18H17ClO2. The Hall–Kier alpha value is -1.35. The van der Waals surface area contributed by atoms with Gasteiger partial charge in [-0.15, -0.1) is 0 Å². The predicted octanol–water partition coefficient (Wildman–Crippen LogP) is 4.22. The van der Waals surface area contributed by atoms with E-state index in [2.05, 4.69) is 12.1 Å². The minimum atomic E-state index is -0.374. The molecular weight excluding hydrogens is 284 g/mol. The van der Waals surface area contributed by atoms with Crippen molar-refractivity contribution in [3.05, 3.63) is 59.1 Å². The van der Waals surface area contributed by atoms with Gasteiger partial charge in [0.05, 0.1) is 18.3 Å². The highest BCUT2D eigenvalue weighted by molar-refractivity contribution is 6.30. The lowest BCUT2D eigenvalue weighted by molar-refractivity contribution is 0.0866. The molecule has 0 bridgehead atoms. The van der Waals surface area contributed by atoms with Gasteiger partial charge in [-0.2, -0.15) is 0 Å². The van der Waals surface area contributed by atoms with Crippen molar-refractivity contribution in [1.29, 1.82) is 0 Å². The van der Waals surface area contributed by atoms with Crippen LogP contribution in [-0.4, -0.2) is 17.3 Å². The summed E-state index contributed by atoms with van der Waals surface area (Å²) in [6.45, 7) is 0. The summed E-state index contributed by atoms with van der Waals surface area (Å²) in [6, 6.07) is 16.0. The second kappa shape index (κ2) is 5.13. The van der Waals surface area contributed by atoms with Gasteiger partial charge in [0, 0.05) is 5.02 Å². The Morgan fingerprint density at radius 1 is 0.905 bits per heavy atom. The second-order valence-electron chi connectivity index (χ2n) is 6.02. The summed E-state index contributed by atoms with van der Waals surface area (Å²) in [5.41, 5.74) is 3.27. The van der Waals surface area contributed by atoms with Gasteiger partial charge in [0.15, 0.2) is 0 Å². The Morgan fingerprint density at radius 3 is 2.00 bits per heavy atom. The Labute approximate surface area is 129 Å². The van der Waals surface area contributed by atoms with Crippen LogP contribution in [0.1, 0.15) is 24.5 Å². The molecule has 4 rings (SSSR count). The molecule has 0 spiro atoms. The van der Waals surface area contributed by atoms with E-state index in [1.807, 2.05) is 36.4 Å². The minimum Gasteiger partial charge on any atom is -0.388 e. The first-order valence-corrected chi connectivity index (χ1v) is 7.78. The highest BCUT2D eigenvalue weighted by Crippen LogP contribution is 2.47. The van der Waals surface area contributed by atoms with Gasteiger partial charge in [0.2, 0.25) is 0 Å². The summed E-state index contributed by atoms with van der Waals surface area (Å²) in [5.74, 6) is 0.343. The molecule has 0 aromatic heterocycles. The molecule has 1 saturated carbocycles. The van der Waals surface area contributed by atoms with Crippen LogP contribution in [0, 0.1) is 5.92 Å². The molecule has 1 N–H and O–H groups in total. The fourth-order valence-electron chi connectivity index (χ4n) is 3.33. The molecule has 21 heavy (non-hydrogen) atoms. The predicted molar refractivity (Wildman–Crippen MR) is 83.2 cm³/mol. The molecule has 3 heteroatoms. The van der Waals surface area contributed by atoms with E-state index in [-0.39, 0.29) is 6.10 Å². The molecule has 1 heterocycles. The van der Waals surface area contributed by atoms with E-state index >= 15 is 0 Å². The maximum atomic E-state index is 10.5. The summed E-state index contributed by atoms with van der Waals surface area (Å²) in [4.78, 5) is 0. The van der Waals surface area contributed by atoms with Gasteiger partial charge in [-0.25, -0.2) is 0 Å². The van der Waals surface area contributed by atoms with E-state index in [4.69, 9.17) is 16.3 Å². The van der Waals surface area contributed by atoms with Crippen LogP contribution in [0.25, 0.3) is 11.1 Å². The Balaban J connectivity index is 1.51. The van der Waals surface area contributed by atoms with Crippen LogP contribution in [-0.2, 0) is 4.74 Å². The number of halogens is 1. The van der Waals surface area contributed by atoms with E-state index in [9.17, 15) is 5.11 Å². The highest BCUT2D eigenvalue weighted by atomic mass is 35.5. The molecule has 2 nitrogen and oxygen atoms in total. The monoisotopic (exact) mass is 300 g/mol. The molecule has 2 aromatic carbocycles. The second-order valence-corrected chi connectivity index (χ2v) is 6.45. The summed E-state index contributed by atoms with van der Waals surface area (Å²) < 4.78 is 5.43. The lowest BCUT2D eigenvalue weighted by Crippen LogP contribution is -2.11. The topological polar surface area (TPSA) is 32.8 Å². The first-order chi connectivity index (χ1) is 10.2. The van der Waals surface area contributed by atoms with Gasteiger partial charge in [0.25, 0.3) is 0 Å². The maximum Gasteiger partial charge on any atom is 0.0845 e. The van der Waals surface area contributed by atoms with Gasteiger partial charge in [-0.3, -0.25) is 0 Å². The highest BCUT2D eigenvalue weighted by Gasteiger charge is 2.49. The normalized spacial score (nSPS) is 28.2. The Kier molecular flexibility index (Phi) is 3.26. The summed E-state index contributed by atoms with van der Waals surface area (Å²) in [7, 11) is 0. The number of aliphatic hydroxyl groups excluding tert-OH is 1. The third-order valence-corrected chi connectivity index (χ3v) is 4.89. The lowest BCUT2D eigenvalue weighted by Gasteiger charge is -2.19. The van der Waals surface area contributed by atoms with E-state index in [0.29, 0.717) is 18.1 Å². The van der Waals surface area contributed by atoms with E-state index in [0.717, 1.165) is 34.6 Å². The Bertz CT molecular complexity index is 625. The van der Waals surface area contributed by atoms with Crippen LogP contribution in [0.2, 0.25) is 5.02 Å². The van der Waals surface area contributed by atoms with Gasteiger partial charge >= 0.3 is 0 Å². The van der Waals surface area contributed by atoms with Crippen LogP contribution >= 0.6 is 11.6 Å². The number of fused-ring (bicyclic) bond motifs is 1. The number of benzene rings is 2. The first-order valence-electron chi connectivity index (χ1n) is 7.40. The summed E-state index contributed by atoms with van der Waals surface area (Å²) in [5, 5.41) is 11.2. The fraction of sp³-hybridized carbons (Fsp3) is 0.333. The molecule has 2 fully saturated rings. The molecule has 0 radical (unpaired) electrons. The van der Waals surface area contributed by atoms with Gasteiger partial charge in [0.1, 0.15) is 0 Å². The van der Waals surface area contributed by atoms with Crippen molar-refractivity contribution in [3.63, 3.8) is 0 Å². The smallest absolute Gasteiger partial charge is 0.0845 e.